The Morgan fingerprint density at radius 2 is 1.52 bits per heavy atom. The van der Waals surface area contributed by atoms with Gasteiger partial charge in [0.25, 0.3) is 0 Å². The van der Waals surface area contributed by atoms with Gasteiger partial charge in [0, 0.05) is 19.5 Å². The van der Waals surface area contributed by atoms with Gasteiger partial charge in [-0.3, -0.25) is 4.79 Å². The number of carbonyl (C=O) groups is 2. The van der Waals surface area contributed by atoms with Crippen LogP contribution in [0.2, 0.25) is 0 Å². The highest BCUT2D eigenvalue weighted by Crippen LogP contribution is 2.22. The number of alkyl carbamates (subject to hydrolysis) is 1. The van der Waals surface area contributed by atoms with Crippen LogP contribution in [0, 0.1) is 5.92 Å². The molecule has 0 bridgehead atoms. The lowest BCUT2D eigenvalue weighted by Crippen LogP contribution is -2.52. The van der Waals surface area contributed by atoms with Gasteiger partial charge in [-0.25, -0.2) is 4.79 Å². The fraction of sp³-hybridized carbons (Fsp3) is 0.462. The van der Waals surface area contributed by atoms with Crippen LogP contribution in [0.3, 0.4) is 0 Å². The summed E-state index contributed by atoms with van der Waals surface area (Å²) in [6, 6.07) is 19.7. The first kappa shape index (κ1) is 22.9. The lowest BCUT2D eigenvalue weighted by Gasteiger charge is -2.34. The Hall–Kier alpha value is -2.82. The molecule has 5 nitrogen and oxygen atoms in total. The second-order valence-electron chi connectivity index (χ2n) is 9.35. The Morgan fingerprint density at radius 3 is 2.06 bits per heavy atom. The van der Waals surface area contributed by atoms with E-state index in [4.69, 9.17) is 4.74 Å². The van der Waals surface area contributed by atoms with E-state index in [-0.39, 0.29) is 5.91 Å². The van der Waals surface area contributed by atoms with Crippen LogP contribution < -0.4 is 5.32 Å². The smallest absolute Gasteiger partial charge is 0.408 e. The molecule has 0 unspecified atom stereocenters. The summed E-state index contributed by atoms with van der Waals surface area (Å²) in [6.07, 6.45) is 2.90. The first-order valence-corrected chi connectivity index (χ1v) is 11.2. The van der Waals surface area contributed by atoms with Crippen molar-refractivity contribution < 1.29 is 14.3 Å². The van der Waals surface area contributed by atoms with Crippen LogP contribution in [0.25, 0.3) is 0 Å². The SMILES string of the molecule is CC(C)(C)OC(=O)N[C@@H](Cc1ccccc1)C(=O)N1CCC(Cc2ccccc2)CC1. The van der Waals surface area contributed by atoms with Crippen molar-refractivity contribution in [3.05, 3.63) is 71.8 Å². The Morgan fingerprint density at radius 1 is 0.968 bits per heavy atom. The fourth-order valence-electron chi connectivity index (χ4n) is 4.02. The summed E-state index contributed by atoms with van der Waals surface area (Å²) in [6.45, 7) is 6.89. The minimum atomic E-state index is -0.636. The third kappa shape index (κ3) is 7.42. The molecule has 0 aromatic heterocycles. The Labute approximate surface area is 185 Å². The van der Waals surface area contributed by atoms with Crippen molar-refractivity contribution in [2.75, 3.05) is 13.1 Å². The molecule has 166 valence electrons. The number of benzene rings is 2. The van der Waals surface area contributed by atoms with Gasteiger partial charge >= 0.3 is 6.09 Å². The van der Waals surface area contributed by atoms with Crippen molar-refractivity contribution >= 4 is 12.0 Å². The molecule has 1 fully saturated rings. The standard InChI is InChI=1S/C26H34N2O3/c1-26(2,3)31-25(30)27-23(19-21-12-8-5-9-13-21)24(29)28-16-14-22(15-17-28)18-20-10-6-4-7-11-20/h4-13,22-23H,14-19H2,1-3H3,(H,27,30)/t23-/m0/s1. The second kappa shape index (κ2) is 10.5. The third-order valence-electron chi connectivity index (χ3n) is 5.57. The Balaban J connectivity index is 1.61. The highest BCUT2D eigenvalue weighted by atomic mass is 16.6. The molecule has 0 saturated carbocycles. The first-order valence-electron chi connectivity index (χ1n) is 11.2. The van der Waals surface area contributed by atoms with E-state index in [1.807, 2.05) is 62.1 Å². The number of nitrogens with one attached hydrogen (secondary N) is 1. The zero-order valence-electron chi connectivity index (χ0n) is 18.8. The zero-order chi connectivity index (χ0) is 22.3. The molecule has 1 atom stereocenters. The fourth-order valence-corrected chi connectivity index (χ4v) is 4.02. The van der Waals surface area contributed by atoms with Gasteiger partial charge in [-0.2, -0.15) is 0 Å². The van der Waals surface area contributed by atoms with Gasteiger partial charge in [0.15, 0.2) is 0 Å². The number of carbonyl (C=O) groups excluding carboxylic acids is 2. The molecule has 1 saturated heterocycles. The number of amides is 2. The Kier molecular flexibility index (Phi) is 7.72. The summed E-state index contributed by atoms with van der Waals surface area (Å²) in [5, 5.41) is 2.82. The van der Waals surface area contributed by atoms with Crippen LogP contribution in [-0.4, -0.2) is 41.6 Å². The molecule has 2 amide bonds. The van der Waals surface area contributed by atoms with E-state index >= 15 is 0 Å². The number of rotatable bonds is 6. The van der Waals surface area contributed by atoms with Gasteiger partial charge in [-0.15, -0.1) is 0 Å². The maximum absolute atomic E-state index is 13.3. The maximum Gasteiger partial charge on any atom is 0.408 e. The van der Waals surface area contributed by atoms with Gasteiger partial charge < -0.3 is 15.0 Å². The lowest BCUT2D eigenvalue weighted by atomic mass is 9.90. The number of nitrogens with zero attached hydrogens (tertiary/aromatic N) is 1. The molecule has 2 aromatic rings. The largest absolute Gasteiger partial charge is 0.444 e. The molecule has 2 aromatic carbocycles. The van der Waals surface area contributed by atoms with E-state index in [9.17, 15) is 9.59 Å². The number of hydrogen-bond acceptors (Lipinski definition) is 3. The third-order valence-corrected chi connectivity index (χ3v) is 5.57. The number of hydrogen-bond donors (Lipinski definition) is 1. The van der Waals surface area contributed by atoms with E-state index < -0.39 is 17.7 Å². The average Bonchev–Trinajstić information content (AvgIpc) is 2.73. The Bertz CT molecular complexity index is 838. The first-order chi connectivity index (χ1) is 14.8. The highest BCUT2D eigenvalue weighted by molar-refractivity contribution is 5.86. The monoisotopic (exact) mass is 422 g/mol. The molecule has 1 N–H and O–H groups in total. The van der Waals surface area contributed by atoms with E-state index in [0.29, 0.717) is 12.3 Å². The van der Waals surface area contributed by atoms with Crippen LogP contribution in [0.1, 0.15) is 44.7 Å². The normalized spacial score (nSPS) is 15.9. The molecular formula is C26H34N2O3. The van der Waals surface area contributed by atoms with Crippen LogP contribution >= 0.6 is 0 Å². The van der Waals surface area contributed by atoms with Gasteiger partial charge in [-0.1, -0.05) is 60.7 Å². The number of piperidine rings is 1. The molecule has 3 rings (SSSR count). The lowest BCUT2D eigenvalue weighted by molar-refractivity contribution is -0.134. The molecule has 1 aliphatic rings. The molecule has 31 heavy (non-hydrogen) atoms. The predicted molar refractivity (Wildman–Crippen MR) is 123 cm³/mol. The number of ether oxygens (including phenoxy) is 1. The van der Waals surface area contributed by atoms with Crippen molar-refractivity contribution in [2.24, 2.45) is 5.92 Å². The van der Waals surface area contributed by atoms with E-state index in [1.165, 1.54) is 5.56 Å². The molecule has 0 spiro atoms. The quantitative estimate of drug-likeness (QED) is 0.740. The van der Waals surface area contributed by atoms with Gasteiger partial charge in [0.2, 0.25) is 5.91 Å². The molecule has 5 heteroatoms. The van der Waals surface area contributed by atoms with Gasteiger partial charge in [0.1, 0.15) is 11.6 Å². The second-order valence-corrected chi connectivity index (χ2v) is 9.35. The van der Waals surface area contributed by atoms with E-state index in [0.717, 1.165) is 37.9 Å². The molecular weight excluding hydrogens is 388 g/mol. The topological polar surface area (TPSA) is 58.6 Å². The maximum atomic E-state index is 13.3. The minimum absolute atomic E-state index is 0.0344. The summed E-state index contributed by atoms with van der Waals surface area (Å²) in [7, 11) is 0. The predicted octanol–water partition coefficient (Wildman–Crippen LogP) is 4.60. The van der Waals surface area contributed by atoms with Gasteiger partial charge in [-0.05, 0) is 57.1 Å². The summed E-state index contributed by atoms with van der Waals surface area (Å²) >= 11 is 0. The summed E-state index contributed by atoms with van der Waals surface area (Å²) in [4.78, 5) is 27.6. The van der Waals surface area contributed by atoms with E-state index in [1.54, 1.807) is 0 Å². The van der Waals surface area contributed by atoms with Crippen LogP contribution in [0.4, 0.5) is 4.79 Å². The minimum Gasteiger partial charge on any atom is -0.444 e. The molecule has 1 heterocycles. The summed E-state index contributed by atoms with van der Waals surface area (Å²) in [5.74, 6) is 0.547. The molecule has 0 aliphatic carbocycles. The molecule has 1 aliphatic heterocycles. The average molecular weight is 423 g/mol. The highest BCUT2D eigenvalue weighted by Gasteiger charge is 2.30. The van der Waals surface area contributed by atoms with Crippen LogP contribution in [-0.2, 0) is 22.4 Å². The van der Waals surface area contributed by atoms with Crippen molar-refractivity contribution in [3.63, 3.8) is 0 Å². The summed E-state index contributed by atoms with van der Waals surface area (Å²) in [5.41, 5.74) is 1.75. The van der Waals surface area contributed by atoms with Crippen LogP contribution in [0.15, 0.2) is 60.7 Å². The van der Waals surface area contributed by atoms with Gasteiger partial charge in [0.05, 0.1) is 0 Å². The zero-order valence-corrected chi connectivity index (χ0v) is 18.8. The van der Waals surface area contributed by atoms with Crippen molar-refractivity contribution in [2.45, 2.75) is 58.1 Å². The van der Waals surface area contributed by atoms with Crippen molar-refractivity contribution in [3.8, 4) is 0 Å². The number of likely N-dealkylation sites (tertiary alicyclic amines) is 1. The van der Waals surface area contributed by atoms with Crippen molar-refractivity contribution in [1.82, 2.24) is 10.2 Å². The molecule has 0 radical (unpaired) electrons. The van der Waals surface area contributed by atoms with Crippen molar-refractivity contribution in [1.29, 1.82) is 0 Å². The van der Waals surface area contributed by atoms with E-state index in [2.05, 4.69) is 29.6 Å². The van der Waals surface area contributed by atoms with Crippen LogP contribution in [0.5, 0.6) is 0 Å². The summed E-state index contributed by atoms with van der Waals surface area (Å²) < 4.78 is 5.41.